The number of nitrogens with one attached hydrogen (secondary N) is 2. The molecule has 31 heavy (non-hydrogen) atoms. The molecule has 3 aromatic carbocycles. The van der Waals surface area contributed by atoms with Crippen LogP contribution in [-0.2, 0) is 4.79 Å². The van der Waals surface area contributed by atoms with Gasteiger partial charge in [0.05, 0.1) is 5.56 Å². The van der Waals surface area contributed by atoms with Crippen LogP contribution in [0.15, 0.2) is 72.8 Å². The molecule has 0 spiro atoms. The van der Waals surface area contributed by atoms with Crippen LogP contribution in [-0.4, -0.2) is 25.0 Å². The Balaban J connectivity index is 1.63. The molecular formula is C25H26N2O4. The van der Waals surface area contributed by atoms with Gasteiger partial charge >= 0.3 is 0 Å². The van der Waals surface area contributed by atoms with Gasteiger partial charge in [0.25, 0.3) is 5.91 Å². The third kappa shape index (κ3) is 6.34. The Morgan fingerprint density at radius 3 is 2.32 bits per heavy atom. The first-order valence-corrected chi connectivity index (χ1v) is 10.2. The average Bonchev–Trinajstić information content (AvgIpc) is 2.79. The Hall–Kier alpha value is -3.80. The Morgan fingerprint density at radius 2 is 1.55 bits per heavy atom. The molecule has 0 unspecified atom stereocenters. The van der Waals surface area contributed by atoms with Crippen molar-refractivity contribution in [1.29, 1.82) is 0 Å². The summed E-state index contributed by atoms with van der Waals surface area (Å²) in [6.45, 7) is 4.35. The molecule has 0 heterocycles. The summed E-state index contributed by atoms with van der Waals surface area (Å²) in [5, 5.41) is 5.72. The molecule has 6 heteroatoms. The maximum atomic E-state index is 12.9. The summed E-state index contributed by atoms with van der Waals surface area (Å²) in [7, 11) is 0. The Bertz CT molecular complexity index is 1030. The molecule has 3 aromatic rings. The van der Waals surface area contributed by atoms with Crippen molar-refractivity contribution in [3.8, 4) is 11.5 Å². The molecule has 6 nitrogen and oxygen atoms in total. The van der Waals surface area contributed by atoms with E-state index in [-0.39, 0.29) is 11.8 Å². The number of para-hydroxylation sites is 2. The van der Waals surface area contributed by atoms with Crippen LogP contribution >= 0.6 is 0 Å². The van der Waals surface area contributed by atoms with E-state index < -0.39 is 0 Å². The predicted molar refractivity (Wildman–Crippen MR) is 122 cm³/mol. The Kier molecular flexibility index (Phi) is 7.65. The van der Waals surface area contributed by atoms with Crippen LogP contribution in [0.1, 0.15) is 29.3 Å². The second kappa shape index (κ2) is 10.8. The van der Waals surface area contributed by atoms with E-state index in [1.54, 1.807) is 37.3 Å². The zero-order valence-corrected chi connectivity index (χ0v) is 17.7. The van der Waals surface area contributed by atoms with Gasteiger partial charge in [-0.05, 0) is 48.9 Å². The number of amides is 2. The third-order valence-corrected chi connectivity index (χ3v) is 4.58. The smallest absolute Gasteiger partial charge is 0.259 e. The van der Waals surface area contributed by atoms with Gasteiger partial charge in [-0.25, -0.2) is 0 Å². The first kappa shape index (κ1) is 21.9. The molecule has 2 N–H and O–H groups in total. The quantitative estimate of drug-likeness (QED) is 0.477. The van der Waals surface area contributed by atoms with Crippen LogP contribution in [0.3, 0.4) is 0 Å². The maximum absolute atomic E-state index is 12.9. The molecule has 0 saturated carbocycles. The predicted octanol–water partition coefficient (Wildman–Crippen LogP) is 5.05. The lowest BCUT2D eigenvalue weighted by Crippen LogP contribution is -2.16. The van der Waals surface area contributed by atoms with E-state index in [1.807, 2.05) is 49.4 Å². The maximum Gasteiger partial charge on any atom is 0.259 e. The lowest BCUT2D eigenvalue weighted by atomic mass is 10.1. The molecule has 0 fully saturated rings. The topological polar surface area (TPSA) is 76.7 Å². The van der Waals surface area contributed by atoms with Crippen LogP contribution in [0.2, 0.25) is 0 Å². The van der Waals surface area contributed by atoms with Crippen LogP contribution in [0.25, 0.3) is 0 Å². The van der Waals surface area contributed by atoms with Crippen molar-refractivity contribution in [3.05, 3.63) is 83.9 Å². The molecule has 0 saturated heterocycles. The van der Waals surface area contributed by atoms with Gasteiger partial charge in [0.2, 0.25) is 5.91 Å². The van der Waals surface area contributed by atoms with Crippen molar-refractivity contribution in [3.63, 3.8) is 0 Å². The number of ether oxygens (including phenoxy) is 2. The Morgan fingerprint density at radius 1 is 0.839 bits per heavy atom. The van der Waals surface area contributed by atoms with Gasteiger partial charge in [-0.3, -0.25) is 9.59 Å². The zero-order chi connectivity index (χ0) is 22.1. The van der Waals surface area contributed by atoms with Crippen molar-refractivity contribution in [1.82, 2.24) is 0 Å². The number of anilines is 2. The van der Waals surface area contributed by atoms with Gasteiger partial charge in [-0.15, -0.1) is 0 Å². The average molecular weight is 418 g/mol. The van der Waals surface area contributed by atoms with E-state index in [9.17, 15) is 9.59 Å². The van der Waals surface area contributed by atoms with E-state index in [2.05, 4.69) is 10.6 Å². The molecule has 0 aliphatic carbocycles. The molecule has 0 bridgehead atoms. The van der Waals surface area contributed by atoms with Crippen LogP contribution in [0.5, 0.6) is 11.5 Å². The molecule has 0 atom stereocenters. The summed E-state index contributed by atoms with van der Waals surface area (Å²) in [5.41, 5.74) is 2.60. The highest BCUT2D eigenvalue weighted by atomic mass is 16.5. The highest BCUT2D eigenvalue weighted by Gasteiger charge is 2.13. The van der Waals surface area contributed by atoms with Crippen molar-refractivity contribution >= 4 is 23.2 Å². The van der Waals surface area contributed by atoms with E-state index in [0.717, 1.165) is 11.3 Å². The largest absolute Gasteiger partial charge is 0.490 e. The van der Waals surface area contributed by atoms with Crippen molar-refractivity contribution in [2.45, 2.75) is 20.3 Å². The Labute approximate surface area is 182 Å². The summed E-state index contributed by atoms with van der Waals surface area (Å²) >= 11 is 0. The number of benzene rings is 3. The van der Waals surface area contributed by atoms with E-state index >= 15 is 0 Å². The number of hydrogen-bond donors (Lipinski definition) is 2. The van der Waals surface area contributed by atoms with Crippen molar-refractivity contribution in [2.24, 2.45) is 0 Å². The van der Waals surface area contributed by atoms with Crippen LogP contribution in [0.4, 0.5) is 11.4 Å². The summed E-state index contributed by atoms with van der Waals surface area (Å²) < 4.78 is 11.4. The van der Waals surface area contributed by atoms with Crippen LogP contribution in [0, 0.1) is 6.92 Å². The van der Waals surface area contributed by atoms with E-state index in [1.165, 1.54) is 0 Å². The minimum absolute atomic E-state index is 0.0805. The van der Waals surface area contributed by atoms with Crippen molar-refractivity contribution < 1.29 is 19.1 Å². The summed E-state index contributed by atoms with van der Waals surface area (Å²) in [6, 6.07) is 21.9. The number of aryl methyl sites for hydroxylation is 1. The standard InChI is InChI=1S/C25H26N2O4/c1-3-24(28)27-22-17-19(14-13-18(22)2)26-25(29)21-11-7-8-12-23(21)31-16-15-30-20-9-5-4-6-10-20/h4-14,17H,3,15-16H2,1-2H3,(H,26,29)(H,27,28). The first-order valence-electron chi connectivity index (χ1n) is 10.2. The van der Waals surface area contributed by atoms with E-state index in [4.69, 9.17) is 9.47 Å². The minimum atomic E-state index is -0.295. The fourth-order valence-electron chi connectivity index (χ4n) is 2.88. The fraction of sp³-hybridized carbons (Fsp3) is 0.200. The highest BCUT2D eigenvalue weighted by Crippen LogP contribution is 2.23. The van der Waals surface area contributed by atoms with Gasteiger partial charge in [-0.2, -0.15) is 0 Å². The minimum Gasteiger partial charge on any atom is -0.490 e. The second-order valence-electron chi connectivity index (χ2n) is 6.89. The number of carbonyl (C=O) groups excluding carboxylic acids is 2. The monoisotopic (exact) mass is 418 g/mol. The molecular weight excluding hydrogens is 392 g/mol. The lowest BCUT2D eigenvalue weighted by molar-refractivity contribution is -0.115. The van der Waals surface area contributed by atoms with Gasteiger partial charge < -0.3 is 20.1 Å². The van der Waals surface area contributed by atoms with E-state index in [0.29, 0.717) is 42.3 Å². The fourth-order valence-corrected chi connectivity index (χ4v) is 2.88. The molecule has 160 valence electrons. The van der Waals surface area contributed by atoms with Gasteiger partial charge in [0, 0.05) is 17.8 Å². The first-order chi connectivity index (χ1) is 15.1. The van der Waals surface area contributed by atoms with Crippen LogP contribution < -0.4 is 20.1 Å². The van der Waals surface area contributed by atoms with Gasteiger partial charge in [0.1, 0.15) is 24.7 Å². The normalized spacial score (nSPS) is 10.3. The second-order valence-corrected chi connectivity index (χ2v) is 6.89. The lowest BCUT2D eigenvalue weighted by Gasteiger charge is -2.14. The molecule has 0 radical (unpaired) electrons. The summed E-state index contributed by atoms with van der Waals surface area (Å²) in [6.07, 6.45) is 0.384. The summed E-state index contributed by atoms with van der Waals surface area (Å²) in [5.74, 6) is 0.866. The van der Waals surface area contributed by atoms with Crippen molar-refractivity contribution in [2.75, 3.05) is 23.8 Å². The third-order valence-electron chi connectivity index (χ3n) is 4.58. The highest BCUT2D eigenvalue weighted by molar-refractivity contribution is 6.06. The molecule has 3 rings (SSSR count). The zero-order valence-electron chi connectivity index (χ0n) is 17.7. The number of hydrogen-bond acceptors (Lipinski definition) is 4. The number of carbonyl (C=O) groups is 2. The van der Waals surface area contributed by atoms with Gasteiger partial charge in [0.15, 0.2) is 0 Å². The van der Waals surface area contributed by atoms with Gasteiger partial charge in [-0.1, -0.05) is 43.3 Å². The molecule has 2 amide bonds. The molecule has 0 aliphatic rings. The SMILES string of the molecule is CCC(=O)Nc1cc(NC(=O)c2ccccc2OCCOc2ccccc2)ccc1C. The number of rotatable bonds is 9. The molecule has 0 aromatic heterocycles. The molecule has 0 aliphatic heterocycles. The summed E-state index contributed by atoms with van der Waals surface area (Å²) in [4.78, 5) is 24.6.